The van der Waals surface area contributed by atoms with E-state index in [1.807, 2.05) is 6.07 Å². The van der Waals surface area contributed by atoms with Crippen LogP contribution in [0, 0.1) is 11.3 Å². The molecule has 0 unspecified atom stereocenters. The van der Waals surface area contributed by atoms with Crippen molar-refractivity contribution in [3.8, 4) is 5.75 Å². The normalized spacial score (nSPS) is 20.2. The van der Waals surface area contributed by atoms with E-state index in [-0.39, 0.29) is 24.3 Å². The molecule has 1 fully saturated rings. The van der Waals surface area contributed by atoms with E-state index in [1.165, 1.54) is 18.7 Å². The maximum atomic E-state index is 13.0. The molecule has 1 saturated carbocycles. The van der Waals surface area contributed by atoms with E-state index in [0.29, 0.717) is 23.4 Å². The first-order valence-electron chi connectivity index (χ1n) is 11.0. The van der Waals surface area contributed by atoms with Crippen LogP contribution in [0.15, 0.2) is 36.5 Å². The monoisotopic (exact) mass is 464 g/mol. The highest BCUT2D eigenvalue weighted by Crippen LogP contribution is 2.40. The van der Waals surface area contributed by atoms with Crippen LogP contribution in [0.25, 0.3) is 0 Å². The van der Waals surface area contributed by atoms with Crippen LogP contribution in [0.3, 0.4) is 0 Å². The number of halogens is 3. The maximum Gasteiger partial charge on any atom is 0.418 e. The molecule has 6 nitrogen and oxygen atoms in total. The van der Waals surface area contributed by atoms with E-state index in [2.05, 4.69) is 36.4 Å². The molecule has 9 heteroatoms. The number of carbonyl (C=O) groups is 1. The van der Waals surface area contributed by atoms with Crippen molar-refractivity contribution >= 4 is 17.3 Å². The number of nitrogens with two attached hydrogens (primary N) is 1. The first kappa shape index (κ1) is 24.7. The van der Waals surface area contributed by atoms with Crippen LogP contribution in [0.2, 0.25) is 0 Å². The predicted molar refractivity (Wildman–Crippen MR) is 122 cm³/mol. The number of benzene rings is 1. The number of ether oxygens (including phenoxy) is 1. The van der Waals surface area contributed by atoms with Gasteiger partial charge in [-0.25, -0.2) is 0 Å². The zero-order valence-corrected chi connectivity index (χ0v) is 19.1. The fourth-order valence-corrected chi connectivity index (χ4v) is 4.66. The summed E-state index contributed by atoms with van der Waals surface area (Å²) in [5, 5.41) is 5.93. The van der Waals surface area contributed by atoms with Gasteiger partial charge in [0.05, 0.1) is 29.2 Å². The van der Waals surface area contributed by atoms with Crippen molar-refractivity contribution < 1.29 is 22.7 Å². The average molecular weight is 465 g/mol. The molecule has 3 rings (SSSR count). The number of hydrogen-bond donors (Lipinski definition) is 3. The Morgan fingerprint density at radius 2 is 2.03 bits per heavy atom. The number of anilines is 2. The van der Waals surface area contributed by atoms with Crippen LogP contribution in [0.1, 0.15) is 51.3 Å². The summed E-state index contributed by atoms with van der Waals surface area (Å²) in [6.45, 7) is 6.12. The fraction of sp³-hybridized carbons (Fsp3) is 0.500. The highest BCUT2D eigenvalue weighted by atomic mass is 19.4. The third kappa shape index (κ3) is 7.00. The number of amides is 1. The number of nitrogens with one attached hydrogen (secondary N) is 2. The topological polar surface area (TPSA) is 89.3 Å². The second-order valence-corrected chi connectivity index (χ2v) is 9.56. The third-order valence-corrected chi connectivity index (χ3v) is 5.79. The number of aromatic nitrogens is 1. The summed E-state index contributed by atoms with van der Waals surface area (Å²) < 4.78 is 44.5. The van der Waals surface area contributed by atoms with Gasteiger partial charge in [0.2, 0.25) is 0 Å². The predicted octanol–water partition coefficient (Wildman–Crippen LogP) is 5.00. The summed E-state index contributed by atoms with van der Waals surface area (Å²) in [6, 6.07) is 7.63. The Morgan fingerprint density at radius 1 is 1.27 bits per heavy atom. The second kappa shape index (κ2) is 9.89. The molecule has 1 aliphatic rings. The van der Waals surface area contributed by atoms with Crippen LogP contribution in [-0.2, 0) is 17.5 Å². The van der Waals surface area contributed by atoms with Gasteiger partial charge in [0.15, 0.2) is 6.61 Å². The van der Waals surface area contributed by atoms with Gasteiger partial charge in [-0.15, -0.1) is 0 Å². The van der Waals surface area contributed by atoms with Gasteiger partial charge in [-0.2, -0.15) is 13.2 Å². The van der Waals surface area contributed by atoms with E-state index in [4.69, 9.17) is 10.5 Å². The van der Waals surface area contributed by atoms with Gasteiger partial charge in [0.25, 0.3) is 5.91 Å². The molecular formula is C24H31F3N4O2. The molecule has 4 N–H and O–H groups in total. The Kier molecular flexibility index (Phi) is 7.39. The minimum absolute atomic E-state index is 0.252. The summed E-state index contributed by atoms with van der Waals surface area (Å²) >= 11 is 0. The zero-order valence-electron chi connectivity index (χ0n) is 19.1. The smallest absolute Gasteiger partial charge is 0.418 e. The minimum Gasteiger partial charge on any atom is -0.484 e. The van der Waals surface area contributed by atoms with Crippen LogP contribution >= 0.6 is 0 Å². The lowest BCUT2D eigenvalue weighted by Gasteiger charge is -2.39. The van der Waals surface area contributed by atoms with Crippen molar-refractivity contribution in [3.63, 3.8) is 0 Å². The van der Waals surface area contributed by atoms with Crippen molar-refractivity contribution in [1.82, 2.24) is 10.3 Å². The van der Waals surface area contributed by atoms with Crippen molar-refractivity contribution in [1.29, 1.82) is 0 Å². The summed E-state index contributed by atoms with van der Waals surface area (Å²) in [7, 11) is 0. The molecular weight excluding hydrogens is 433 g/mol. The minimum atomic E-state index is -4.54. The molecule has 180 valence electrons. The van der Waals surface area contributed by atoms with Crippen LogP contribution < -0.4 is 21.1 Å². The number of carbonyl (C=O) groups excluding carboxylic acids is 1. The van der Waals surface area contributed by atoms with Crippen LogP contribution in [0.5, 0.6) is 5.75 Å². The van der Waals surface area contributed by atoms with E-state index in [1.54, 1.807) is 12.1 Å². The lowest BCUT2D eigenvalue weighted by Crippen LogP contribution is -2.35. The molecule has 0 aliphatic heterocycles. The summed E-state index contributed by atoms with van der Waals surface area (Å²) in [6.07, 6.45) is 0.0482. The van der Waals surface area contributed by atoms with Crippen molar-refractivity contribution in [2.24, 2.45) is 11.3 Å². The standard InChI is InChI=1S/C24H31F3N4O2/c1-15-9-16(12-23(2,3)11-15)31-20-7-6-17(10-19(20)28)33-14-22(32)30-13-21-18(24(25,26)27)5-4-8-29-21/h4-8,10,15-16,31H,9,11-14,28H2,1-3H3,(H,30,32)/t15-,16+/m1/s1. The number of pyridine rings is 1. The summed E-state index contributed by atoms with van der Waals surface area (Å²) in [5.74, 6) is 0.472. The molecule has 1 aliphatic carbocycles. The van der Waals surface area contributed by atoms with E-state index >= 15 is 0 Å². The SMILES string of the molecule is C[C@@H]1C[C@H](Nc2ccc(OCC(=O)NCc3ncccc3C(F)(F)F)cc2N)CC(C)(C)C1. The van der Waals surface area contributed by atoms with Crippen molar-refractivity contribution in [2.45, 2.75) is 58.8 Å². The molecule has 1 aromatic carbocycles. The second-order valence-electron chi connectivity index (χ2n) is 9.56. The number of rotatable bonds is 7. The van der Waals surface area contributed by atoms with Gasteiger partial charge < -0.3 is 21.1 Å². The Hall–Kier alpha value is -2.97. The molecule has 1 heterocycles. The molecule has 2 atom stereocenters. The van der Waals surface area contributed by atoms with Gasteiger partial charge >= 0.3 is 6.18 Å². The number of nitrogen functional groups attached to an aromatic ring is 1. The number of hydrogen-bond acceptors (Lipinski definition) is 5. The third-order valence-electron chi connectivity index (χ3n) is 5.79. The van der Waals surface area contributed by atoms with E-state index < -0.39 is 17.6 Å². The number of nitrogens with zero attached hydrogens (tertiary/aromatic N) is 1. The first-order valence-corrected chi connectivity index (χ1v) is 11.0. The van der Waals surface area contributed by atoms with Crippen molar-refractivity contribution in [2.75, 3.05) is 17.7 Å². The first-order chi connectivity index (χ1) is 15.4. The lowest BCUT2D eigenvalue weighted by atomic mass is 9.70. The highest BCUT2D eigenvalue weighted by molar-refractivity contribution is 5.77. The van der Waals surface area contributed by atoms with Gasteiger partial charge in [0, 0.05) is 18.3 Å². The van der Waals surface area contributed by atoms with E-state index in [0.717, 1.165) is 24.6 Å². The number of alkyl halides is 3. The van der Waals surface area contributed by atoms with Crippen molar-refractivity contribution in [3.05, 3.63) is 47.8 Å². The Balaban J connectivity index is 1.52. The Bertz CT molecular complexity index is 978. The van der Waals surface area contributed by atoms with Crippen LogP contribution in [-0.4, -0.2) is 23.5 Å². The molecule has 0 saturated heterocycles. The molecule has 1 aromatic heterocycles. The largest absolute Gasteiger partial charge is 0.484 e. The highest BCUT2D eigenvalue weighted by Gasteiger charge is 2.34. The molecule has 0 radical (unpaired) electrons. The molecule has 2 aromatic rings. The Morgan fingerprint density at radius 3 is 2.70 bits per heavy atom. The average Bonchev–Trinajstić information content (AvgIpc) is 2.70. The van der Waals surface area contributed by atoms with Gasteiger partial charge in [0.1, 0.15) is 5.75 Å². The summed E-state index contributed by atoms with van der Waals surface area (Å²) in [5.41, 5.74) is 6.65. The fourth-order valence-electron chi connectivity index (χ4n) is 4.66. The molecule has 1 amide bonds. The van der Waals surface area contributed by atoms with Gasteiger partial charge in [-0.1, -0.05) is 20.8 Å². The maximum absolute atomic E-state index is 13.0. The van der Waals surface area contributed by atoms with Gasteiger partial charge in [-0.3, -0.25) is 9.78 Å². The Labute approximate surface area is 192 Å². The van der Waals surface area contributed by atoms with Gasteiger partial charge in [-0.05, 0) is 54.9 Å². The summed E-state index contributed by atoms with van der Waals surface area (Å²) in [4.78, 5) is 15.8. The molecule has 0 spiro atoms. The lowest BCUT2D eigenvalue weighted by molar-refractivity contribution is -0.138. The van der Waals surface area contributed by atoms with Crippen LogP contribution in [0.4, 0.5) is 24.5 Å². The van der Waals surface area contributed by atoms with E-state index in [9.17, 15) is 18.0 Å². The molecule has 0 bridgehead atoms. The quantitative estimate of drug-likeness (QED) is 0.502. The zero-order chi connectivity index (χ0) is 24.2. The molecule has 33 heavy (non-hydrogen) atoms.